The van der Waals surface area contributed by atoms with Crippen LogP contribution in [0.4, 0.5) is 0 Å². The Kier molecular flexibility index (Phi) is 5.76. The van der Waals surface area contributed by atoms with Gasteiger partial charge in [-0.15, -0.1) is 0 Å². The van der Waals surface area contributed by atoms with Crippen LogP contribution in [-0.2, 0) is 9.16 Å². The van der Waals surface area contributed by atoms with Crippen LogP contribution in [0.15, 0.2) is 28.7 Å². The lowest BCUT2D eigenvalue weighted by Gasteiger charge is -2.37. The van der Waals surface area contributed by atoms with Crippen molar-refractivity contribution in [1.29, 1.82) is 0 Å². The maximum atomic E-state index is 10.3. The second-order valence-corrected chi connectivity index (χ2v) is 13.4. The zero-order valence-electron chi connectivity index (χ0n) is 14.4. The fraction of sp³-hybridized carbons (Fsp3) is 0.647. The van der Waals surface area contributed by atoms with Crippen LogP contribution in [0.25, 0.3) is 0 Å². The van der Waals surface area contributed by atoms with Crippen LogP contribution in [0, 0.1) is 0 Å². The molecule has 1 aromatic rings. The van der Waals surface area contributed by atoms with Crippen molar-refractivity contribution < 1.29 is 19.4 Å². The van der Waals surface area contributed by atoms with Gasteiger partial charge in [-0.05, 0) is 35.8 Å². The molecule has 0 bridgehead atoms. The highest BCUT2D eigenvalue weighted by Gasteiger charge is 2.45. The summed E-state index contributed by atoms with van der Waals surface area (Å²) in [6, 6.07) is 7.58. The molecule has 1 aliphatic heterocycles. The molecule has 2 N–H and O–H groups in total. The van der Waals surface area contributed by atoms with Gasteiger partial charge in [0, 0.05) is 4.47 Å². The zero-order chi connectivity index (χ0) is 17.4. The highest BCUT2D eigenvalue weighted by molar-refractivity contribution is 9.10. The molecule has 2 rings (SSSR count). The van der Waals surface area contributed by atoms with Crippen LogP contribution >= 0.6 is 15.9 Å². The first-order valence-corrected chi connectivity index (χ1v) is 11.6. The third-order valence-corrected chi connectivity index (χ3v) is 10.0. The minimum Gasteiger partial charge on any atom is -0.414 e. The van der Waals surface area contributed by atoms with Gasteiger partial charge in [0.15, 0.2) is 8.32 Å². The molecule has 0 radical (unpaired) electrons. The standard InChI is InChI=1S/C17H27BrO4Si/c1-17(2,3)23(4,5)21-10-13-14(19)15(20)16(22-13)11-6-8-12(18)9-7-11/h6-9,13-16,19-20H,10H2,1-5H3/t13-,14-,15-,16+/m0/s1. The van der Waals surface area contributed by atoms with E-state index < -0.39 is 32.7 Å². The van der Waals surface area contributed by atoms with Crippen molar-refractivity contribution in [2.24, 2.45) is 0 Å². The Hall–Kier alpha value is -0.243. The number of rotatable bonds is 4. The Morgan fingerprint density at radius 1 is 1.13 bits per heavy atom. The fourth-order valence-electron chi connectivity index (χ4n) is 2.32. The molecule has 1 aliphatic rings. The van der Waals surface area contributed by atoms with Crippen molar-refractivity contribution >= 4 is 24.2 Å². The van der Waals surface area contributed by atoms with Gasteiger partial charge in [0.2, 0.25) is 0 Å². The summed E-state index contributed by atoms with van der Waals surface area (Å²) in [6.07, 6.45) is -2.91. The summed E-state index contributed by atoms with van der Waals surface area (Å²) in [5.74, 6) is 0. The summed E-state index contributed by atoms with van der Waals surface area (Å²) >= 11 is 3.39. The lowest BCUT2D eigenvalue weighted by atomic mass is 10.0. The number of benzene rings is 1. The Balaban J connectivity index is 2.04. The smallest absolute Gasteiger partial charge is 0.192 e. The Bertz CT molecular complexity index is 526. The molecule has 130 valence electrons. The van der Waals surface area contributed by atoms with Gasteiger partial charge in [0.1, 0.15) is 24.4 Å². The van der Waals surface area contributed by atoms with E-state index in [0.717, 1.165) is 10.0 Å². The monoisotopic (exact) mass is 402 g/mol. The SMILES string of the molecule is CC(C)(C)[Si](C)(C)OC[C@@H]1O[C@H](c2ccc(Br)cc2)[C@@H](O)[C@H]1O. The van der Waals surface area contributed by atoms with E-state index in [-0.39, 0.29) is 5.04 Å². The van der Waals surface area contributed by atoms with Gasteiger partial charge < -0.3 is 19.4 Å². The number of ether oxygens (including phenoxy) is 1. The summed E-state index contributed by atoms with van der Waals surface area (Å²) < 4.78 is 13.0. The number of hydrogen-bond acceptors (Lipinski definition) is 4. The van der Waals surface area contributed by atoms with Gasteiger partial charge in [-0.2, -0.15) is 0 Å². The first-order chi connectivity index (χ1) is 10.5. The van der Waals surface area contributed by atoms with E-state index in [9.17, 15) is 10.2 Å². The van der Waals surface area contributed by atoms with Crippen molar-refractivity contribution in [3.63, 3.8) is 0 Å². The molecule has 1 aromatic carbocycles. The van der Waals surface area contributed by atoms with Crippen LogP contribution in [0.1, 0.15) is 32.4 Å². The molecular formula is C17H27BrO4Si. The molecule has 0 saturated carbocycles. The minimum atomic E-state index is -1.91. The summed E-state index contributed by atoms with van der Waals surface area (Å²) in [7, 11) is -1.91. The predicted octanol–water partition coefficient (Wildman–Crippen LogP) is 3.63. The predicted molar refractivity (Wildman–Crippen MR) is 96.9 cm³/mol. The van der Waals surface area contributed by atoms with Crippen LogP contribution < -0.4 is 0 Å². The van der Waals surface area contributed by atoms with Crippen molar-refractivity contribution in [2.75, 3.05) is 6.61 Å². The zero-order valence-corrected chi connectivity index (χ0v) is 17.0. The molecule has 0 spiro atoms. The topological polar surface area (TPSA) is 58.9 Å². The fourth-order valence-corrected chi connectivity index (χ4v) is 3.60. The van der Waals surface area contributed by atoms with Crippen molar-refractivity contribution in [2.45, 2.75) is 63.3 Å². The molecule has 23 heavy (non-hydrogen) atoms. The van der Waals surface area contributed by atoms with Gasteiger partial charge in [0.25, 0.3) is 0 Å². The summed E-state index contributed by atoms with van der Waals surface area (Å²) in [4.78, 5) is 0. The molecule has 1 heterocycles. The van der Waals surface area contributed by atoms with Gasteiger partial charge in [0.05, 0.1) is 6.61 Å². The summed E-state index contributed by atoms with van der Waals surface area (Å²) in [5, 5.41) is 20.7. The lowest BCUT2D eigenvalue weighted by molar-refractivity contribution is -0.0197. The third-order valence-electron chi connectivity index (χ3n) is 4.98. The highest BCUT2D eigenvalue weighted by atomic mass is 79.9. The maximum Gasteiger partial charge on any atom is 0.192 e. The second kappa shape index (κ2) is 6.94. The van der Waals surface area contributed by atoms with Gasteiger partial charge in [-0.25, -0.2) is 0 Å². The average Bonchev–Trinajstić information content (AvgIpc) is 2.73. The van der Waals surface area contributed by atoms with Crippen molar-refractivity contribution in [1.82, 2.24) is 0 Å². The normalized spacial score (nSPS) is 29.0. The van der Waals surface area contributed by atoms with E-state index in [2.05, 4.69) is 49.8 Å². The number of hydrogen-bond donors (Lipinski definition) is 2. The maximum absolute atomic E-state index is 10.3. The molecule has 0 aromatic heterocycles. The van der Waals surface area contributed by atoms with Gasteiger partial charge >= 0.3 is 0 Å². The van der Waals surface area contributed by atoms with E-state index in [1.165, 1.54) is 0 Å². The van der Waals surface area contributed by atoms with E-state index in [1.807, 2.05) is 24.3 Å². The number of halogens is 1. The first-order valence-electron chi connectivity index (χ1n) is 7.94. The van der Waals surface area contributed by atoms with Crippen LogP contribution in [0.3, 0.4) is 0 Å². The molecular weight excluding hydrogens is 376 g/mol. The molecule has 0 aliphatic carbocycles. The Labute approximate surface area is 148 Å². The Morgan fingerprint density at radius 2 is 1.70 bits per heavy atom. The van der Waals surface area contributed by atoms with Gasteiger partial charge in [-0.1, -0.05) is 48.8 Å². The molecule has 1 saturated heterocycles. The summed E-state index contributed by atoms with van der Waals surface area (Å²) in [6.45, 7) is 11.1. The highest BCUT2D eigenvalue weighted by Crippen LogP contribution is 2.38. The van der Waals surface area contributed by atoms with Crippen LogP contribution in [0.2, 0.25) is 18.1 Å². The number of aliphatic hydroxyl groups excluding tert-OH is 2. The second-order valence-electron chi connectivity index (χ2n) is 7.70. The van der Waals surface area contributed by atoms with Gasteiger partial charge in [-0.3, -0.25) is 0 Å². The first kappa shape index (κ1) is 19.1. The van der Waals surface area contributed by atoms with Crippen molar-refractivity contribution in [3.8, 4) is 0 Å². The average molecular weight is 403 g/mol. The quantitative estimate of drug-likeness (QED) is 0.754. The van der Waals surface area contributed by atoms with Crippen LogP contribution in [0.5, 0.6) is 0 Å². The van der Waals surface area contributed by atoms with Crippen LogP contribution in [-0.4, -0.2) is 43.4 Å². The molecule has 1 fully saturated rings. The van der Waals surface area contributed by atoms with Crippen molar-refractivity contribution in [3.05, 3.63) is 34.3 Å². The molecule has 4 nitrogen and oxygen atoms in total. The minimum absolute atomic E-state index is 0.0975. The van der Waals surface area contributed by atoms with E-state index in [4.69, 9.17) is 9.16 Å². The molecule has 0 unspecified atom stereocenters. The van der Waals surface area contributed by atoms with E-state index in [1.54, 1.807) is 0 Å². The van der Waals surface area contributed by atoms with E-state index >= 15 is 0 Å². The molecule has 0 amide bonds. The van der Waals surface area contributed by atoms with E-state index in [0.29, 0.717) is 6.61 Å². The molecule has 6 heteroatoms. The number of aliphatic hydroxyl groups is 2. The largest absolute Gasteiger partial charge is 0.414 e. The molecule has 4 atom stereocenters. The summed E-state index contributed by atoms with van der Waals surface area (Å²) in [5.41, 5.74) is 0.856. The Morgan fingerprint density at radius 3 is 2.22 bits per heavy atom. The third kappa shape index (κ3) is 4.24. The lowest BCUT2D eigenvalue weighted by Crippen LogP contribution is -2.44.